The molecule has 10 nitrogen and oxygen atoms in total. The third-order valence-corrected chi connectivity index (χ3v) is 7.37. The number of alkyl halides is 3. The smallest absolute Gasteiger partial charge is 0.483 e. The largest absolute Gasteiger partial charge is 0.490 e. The molecule has 1 aromatic heterocycles. The minimum atomic E-state index is -5.08. The lowest BCUT2D eigenvalue weighted by molar-refractivity contribution is -0.192. The van der Waals surface area contributed by atoms with Crippen molar-refractivity contribution in [1.29, 1.82) is 0 Å². The molecule has 2 aliphatic rings. The van der Waals surface area contributed by atoms with Gasteiger partial charge in [0.15, 0.2) is 0 Å². The zero-order valence-corrected chi connectivity index (χ0v) is 20.3. The lowest BCUT2D eigenvalue weighted by atomic mass is 10.0. The number of urea groups is 1. The van der Waals surface area contributed by atoms with Crippen LogP contribution in [0.4, 0.5) is 18.0 Å². The number of hydrogen-bond acceptors (Lipinski definition) is 6. The minimum Gasteiger partial charge on any atom is -0.483 e. The van der Waals surface area contributed by atoms with E-state index in [4.69, 9.17) is 14.6 Å². The molecule has 2 aromatic rings. The van der Waals surface area contributed by atoms with E-state index in [0.29, 0.717) is 31.0 Å². The summed E-state index contributed by atoms with van der Waals surface area (Å²) in [5.74, 6) is -2.43. The van der Waals surface area contributed by atoms with E-state index in [0.717, 1.165) is 0 Å². The van der Waals surface area contributed by atoms with Gasteiger partial charge < -0.3 is 19.6 Å². The first kappa shape index (κ1) is 27.2. The summed E-state index contributed by atoms with van der Waals surface area (Å²) < 4.78 is 66.3. The van der Waals surface area contributed by atoms with E-state index in [1.807, 2.05) is 6.07 Å². The Morgan fingerprint density at radius 3 is 2.36 bits per heavy atom. The molecule has 3 heterocycles. The summed E-state index contributed by atoms with van der Waals surface area (Å²) in [4.78, 5) is 29.0. The number of benzene rings is 1. The number of carbonyl (C=O) groups excluding carboxylic acids is 1. The predicted molar refractivity (Wildman–Crippen MR) is 121 cm³/mol. The van der Waals surface area contributed by atoms with Crippen LogP contribution in [0.5, 0.6) is 5.75 Å². The molecule has 0 radical (unpaired) electrons. The Bertz CT molecular complexity index is 1210. The van der Waals surface area contributed by atoms with Crippen LogP contribution in [0, 0.1) is 0 Å². The summed E-state index contributed by atoms with van der Waals surface area (Å²) in [6, 6.07) is 12.0. The van der Waals surface area contributed by atoms with Gasteiger partial charge in [-0.25, -0.2) is 18.0 Å². The average Bonchev–Trinajstić information content (AvgIpc) is 3.18. The van der Waals surface area contributed by atoms with E-state index in [9.17, 15) is 26.4 Å². The SMILES string of the molecule is CN(C)C(=O)N1CCC2(C1)CN(Cc1ccccn1)S(=O)(=O)c1ccccc1O2.O=C(O)C(F)(F)F. The van der Waals surface area contributed by atoms with Crippen molar-refractivity contribution in [2.75, 3.05) is 33.7 Å². The Morgan fingerprint density at radius 1 is 1.14 bits per heavy atom. The summed E-state index contributed by atoms with van der Waals surface area (Å²) >= 11 is 0. The molecule has 1 N–H and O–H groups in total. The van der Waals surface area contributed by atoms with Crippen molar-refractivity contribution in [3.05, 3.63) is 54.4 Å². The molecule has 1 saturated heterocycles. The zero-order valence-electron chi connectivity index (χ0n) is 19.5. The number of hydrogen-bond donors (Lipinski definition) is 1. The van der Waals surface area contributed by atoms with Gasteiger partial charge in [-0.2, -0.15) is 17.5 Å². The fourth-order valence-electron chi connectivity index (χ4n) is 3.87. The lowest BCUT2D eigenvalue weighted by Gasteiger charge is -2.32. The summed E-state index contributed by atoms with van der Waals surface area (Å²) in [5, 5.41) is 7.12. The number of likely N-dealkylation sites (tertiary alicyclic amines) is 1. The molecule has 4 rings (SSSR count). The van der Waals surface area contributed by atoms with Crippen molar-refractivity contribution in [1.82, 2.24) is 19.1 Å². The van der Waals surface area contributed by atoms with Gasteiger partial charge in [0, 0.05) is 33.3 Å². The van der Waals surface area contributed by atoms with Gasteiger partial charge in [-0.1, -0.05) is 18.2 Å². The molecule has 36 heavy (non-hydrogen) atoms. The highest BCUT2D eigenvalue weighted by atomic mass is 32.2. The van der Waals surface area contributed by atoms with Crippen molar-refractivity contribution in [2.45, 2.75) is 29.6 Å². The van der Waals surface area contributed by atoms with Crippen molar-refractivity contribution in [3.63, 3.8) is 0 Å². The first-order chi connectivity index (χ1) is 16.7. The van der Waals surface area contributed by atoms with Crippen molar-refractivity contribution >= 4 is 22.0 Å². The summed E-state index contributed by atoms with van der Waals surface area (Å²) in [7, 11) is -0.375. The molecule has 1 spiro atoms. The van der Waals surface area contributed by atoms with Gasteiger partial charge in [0.1, 0.15) is 16.2 Å². The first-order valence-electron chi connectivity index (χ1n) is 10.7. The van der Waals surface area contributed by atoms with E-state index in [1.54, 1.807) is 61.6 Å². The van der Waals surface area contributed by atoms with Crippen LogP contribution < -0.4 is 4.74 Å². The molecule has 196 valence electrons. The van der Waals surface area contributed by atoms with Crippen LogP contribution in [0.2, 0.25) is 0 Å². The van der Waals surface area contributed by atoms with Gasteiger partial charge in [0.2, 0.25) is 10.0 Å². The summed E-state index contributed by atoms with van der Waals surface area (Å²) in [6.07, 6.45) is -2.89. The highest BCUT2D eigenvalue weighted by Crippen LogP contribution is 2.39. The number of ether oxygens (including phenoxy) is 1. The fourth-order valence-corrected chi connectivity index (χ4v) is 5.48. The topological polar surface area (TPSA) is 120 Å². The summed E-state index contributed by atoms with van der Waals surface area (Å²) in [6.45, 7) is 1.13. The molecule has 1 aromatic carbocycles. The third-order valence-electron chi connectivity index (χ3n) is 5.53. The fraction of sp³-hybridized carbons (Fsp3) is 0.409. The van der Waals surface area contributed by atoms with Crippen molar-refractivity contribution in [3.8, 4) is 5.75 Å². The quantitative estimate of drug-likeness (QED) is 0.633. The maximum Gasteiger partial charge on any atom is 0.490 e. The molecule has 1 unspecified atom stereocenters. The standard InChI is InChI=1S/C20H24N4O4S.C2HF3O2/c1-22(2)19(25)23-12-10-20(14-23)15-24(13-16-7-5-6-11-21-16)29(26,27)18-9-4-3-8-17(18)28-20;3-2(4,5)1(6)7/h3-9,11H,10,12-15H2,1-2H3;(H,6,7). The number of para-hydroxylation sites is 1. The Kier molecular flexibility index (Phi) is 7.79. The molecule has 0 aliphatic carbocycles. The Hall–Kier alpha value is -3.39. The van der Waals surface area contributed by atoms with Crippen LogP contribution in [-0.2, 0) is 21.4 Å². The third kappa shape index (κ3) is 6.05. The van der Waals surface area contributed by atoms with E-state index in [-0.39, 0.29) is 24.0 Å². The molecule has 2 amide bonds. The number of pyridine rings is 1. The van der Waals surface area contributed by atoms with E-state index < -0.39 is 27.8 Å². The number of aliphatic carboxylic acids is 1. The number of carbonyl (C=O) groups is 2. The number of nitrogens with zero attached hydrogens (tertiary/aromatic N) is 4. The van der Waals surface area contributed by atoms with Gasteiger partial charge in [-0.15, -0.1) is 0 Å². The number of carboxylic acids is 1. The Labute approximate surface area is 205 Å². The first-order valence-corrected chi connectivity index (χ1v) is 12.1. The van der Waals surface area contributed by atoms with Crippen LogP contribution in [0.25, 0.3) is 0 Å². The highest BCUT2D eigenvalue weighted by Gasteiger charge is 2.49. The van der Waals surface area contributed by atoms with Crippen LogP contribution >= 0.6 is 0 Å². The van der Waals surface area contributed by atoms with E-state index in [2.05, 4.69) is 4.98 Å². The predicted octanol–water partition coefficient (Wildman–Crippen LogP) is 2.42. The highest BCUT2D eigenvalue weighted by molar-refractivity contribution is 7.89. The number of amides is 2. The minimum absolute atomic E-state index is 0.109. The number of sulfonamides is 1. The summed E-state index contributed by atoms with van der Waals surface area (Å²) in [5.41, 5.74) is -0.148. The zero-order chi connectivity index (χ0) is 26.7. The second-order valence-corrected chi connectivity index (χ2v) is 10.4. The maximum atomic E-state index is 13.4. The van der Waals surface area contributed by atoms with Gasteiger partial charge in [0.25, 0.3) is 0 Å². The molecular weight excluding hydrogens is 505 g/mol. The van der Waals surface area contributed by atoms with E-state index >= 15 is 0 Å². The number of rotatable bonds is 2. The number of aromatic nitrogens is 1. The van der Waals surface area contributed by atoms with Crippen LogP contribution in [0.3, 0.4) is 0 Å². The van der Waals surface area contributed by atoms with Gasteiger partial charge in [0.05, 0.1) is 25.3 Å². The maximum absolute atomic E-state index is 13.4. The number of carboxylic acid groups (broad SMARTS) is 1. The van der Waals surface area contributed by atoms with Gasteiger partial charge in [-0.3, -0.25) is 4.98 Å². The van der Waals surface area contributed by atoms with Crippen molar-refractivity contribution < 1.29 is 41.0 Å². The van der Waals surface area contributed by atoms with Crippen LogP contribution in [-0.4, -0.2) is 90.1 Å². The second-order valence-electron chi connectivity index (χ2n) is 8.48. The van der Waals surface area contributed by atoms with Crippen molar-refractivity contribution in [2.24, 2.45) is 0 Å². The van der Waals surface area contributed by atoms with Crippen LogP contribution in [0.1, 0.15) is 12.1 Å². The molecule has 1 fully saturated rings. The van der Waals surface area contributed by atoms with E-state index in [1.165, 1.54) is 9.21 Å². The molecule has 2 aliphatic heterocycles. The number of fused-ring (bicyclic) bond motifs is 1. The number of halogens is 3. The van der Waals surface area contributed by atoms with Gasteiger partial charge in [-0.05, 0) is 24.3 Å². The molecular formula is C22H25F3N4O6S. The normalized spacial score (nSPS) is 21.0. The average molecular weight is 531 g/mol. The Balaban J connectivity index is 0.000000454. The molecule has 1 atom stereocenters. The monoisotopic (exact) mass is 530 g/mol. The molecule has 14 heteroatoms. The molecule has 0 saturated carbocycles. The lowest BCUT2D eigenvalue weighted by Crippen LogP contribution is -2.50. The molecule has 0 bridgehead atoms. The Morgan fingerprint density at radius 2 is 1.78 bits per heavy atom. The second kappa shape index (κ2) is 10.3. The van der Waals surface area contributed by atoms with Crippen LogP contribution in [0.15, 0.2) is 53.6 Å². The van der Waals surface area contributed by atoms with Gasteiger partial charge >= 0.3 is 18.2 Å².